The molecular weight excluding hydrogens is 378 g/mol. The number of imide groups is 2. The Bertz CT molecular complexity index is 830. The minimum Gasteiger partial charge on any atom is -0.345 e. The van der Waals surface area contributed by atoms with E-state index >= 15 is 0 Å². The topological polar surface area (TPSA) is 116 Å². The highest BCUT2D eigenvalue weighted by Crippen LogP contribution is 2.13. The molecule has 0 spiro atoms. The van der Waals surface area contributed by atoms with Crippen molar-refractivity contribution in [3.8, 4) is 0 Å². The van der Waals surface area contributed by atoms with E-state index in [1.54, 1.807) is 0 Å². The Kier molecular flexibility index (Phi) is 6.74. The number of hydrogen-bond acceptors (Lipinski definition) is 5. The fraction of sp³-hybridized carbons (Fsp3) is 0.353. The number of carbonyl (C=O) groups excluding carboxylic acids is 5. The first-order valence-corrected chi connectivity index (χ1v) is 8.43. The van der Waals surface area contributed by atoms with E-state index in [9.17, 15) is 32.8 Å². The minimum absolute atomic E-state index is 0.0137. The van der Waals surface area contributed by atoms with Crippen molar-refractivity contribution in [3.63, 3.8) is 0 Å². The molecule has 0 atom stereocenters. The summed E-state index contributed by atoms with van der Waals surface area (Å²) < 4.78 is 25.9. The summed E-state index contributed by atoms with van der Waals surface area (Å²) in [6.07, 6.45) is 1.23. The molecule has 1 aromatic rings. The summed E-state index contributed by atoms with van der Waals surface area (Å²) in [6, 6.07) is 1.85. The fourth-order valence-corrected chi connectivity index (χ4v) is 2.36. The van der Waals surface area contributed by atoms with E-state index in [1.165, 1.54) is 0 Å². The van der Waals surface area contributed by atoms with Crippen molar-refractivity contribution in [1.82, 2.24) is 15.1 Å². The van der Waals surface area contributed by atoms with Crippen LogP contribution in [-0.2, 0) is 19.2 Å². The molecule has 0 unspecified atom stereocenters. The average Bonchev–Trinajstić information content (AvgIpc) is 2.85. The molecule has 11 heteroatoms. The molecule has 150 valence electrons. The first kappa shape index (κ1) is 20.9. The first-order valence-electron chi connectivity index (χ1n) is 8.43. The van der Waals surface area contributed by atoms with Crippen molar-refractivity contribution in [1.29, 1.82) is 0 Å². The van der Waals surface area contributed by atoms with Crippen LogP contribution in [0.4, 0.5) is 19.3 Å². The number of rotatable bonds is 8. The second-order valence-corrected chi connectivity index (χ2v) is 5.94. The molecule has 2 N–H and O–H groups in total. The normalized spacial score (nSPS) is 13.9. The molecule has 1 aliphatic heterocycles. The molecule has 1 saturated heterocycles. The number of nitrogens with zero attached hydrogens (tertiary/aromatic N) is 2. The summed E-state index contributed by atoms with van der Waals surface area (Å²) in [7, 11) is 0. The van der Waals surface area contributed by atoms with Crippen LogP contribution in [0.15, 0.2) is 18.2 Å². The van der Waals surface area contributed by atoms with Crippen molar-refractivity contribution >= 4 is 35.3 Å². The molecule has 1 heterocycles. The molecule has 2 rings (SSSR count). The third kappa shape index (κ3) is 4.87. The number of urea groups is 1. The maximum absolute atomic E-state index is 13.1. The van der Waals surface area contributed by atoms with E-state index < -0.39 is 54.4 Å². The lowest BCUT2D eigenvalue weighted by molar-refractivity contribution is -0.144. The molecule has 0 bridgehead atoms. The monoisotopic (exact) mass is 396 g/mol. The fourth-order valence-electron chi connectivity index (χ4n) is 2.36. The standard InChI is InChI=1S/C17H18F2N4O5/c1-2-3-6-22-15(26)16(27)23(17(22)28)9-14(25)20-8-13(24)21-10-4-5-11(18)12(19)7-10/h4-5,7H,2-3,6,8-9H2,1H3,(H,20,25)(H,21,24). The third-order valence-corrected chi connectivity index (χ3v) is 3.82. The molecule has 9 nitrogen and oxygen atoms in total. The number of carbonyl (C=O) groups is 5. The second-order valence-electron chi connectivity index (χ2n) is 5.94. The van der Waals surface area contributed by atoms with Gasteiger partial charge in [-0.25, -0.2) is 18.5 Å². The molecular formula is C17H18F2N4O5. The maximum atomic E-state index is 13.1. The zero-order valence-corrected chi connectivity index (χ0v) is 15.0. The summed E-state index contributed by atoms with van der Waals surface area (Å²) >= 11 is 0. The van der Waals surface area contributed by atoms with Crippen LogP contribution in [0.3, 0.4) is 0 Å². The maximum Gasteiger partial charge on any atom is 0.334 e. The highest BCUT2D eigenvalue weighted by atomic mass is 19.2. The molecule has 0 aliphatic carbocycles. The molecule has 1 fully saturated rings. The zero-order valence-electron chi connectivity index (χ0n) is 15.0. The van der Waals surface area contributed by atoms with Crippen LogP contribution in [0.2, 0.25) is 0 Å². The van der Waals surface area contributed by atoms with Gasteiger partial charge < -0.3 is 10.6 Å². The lowest BCUT2D eigenvalue weighted by Gasteiger charge is -2.15. The van der Waals surface area contributed by atoms with E-state index in [0.717, 1.165) is 23.1 Å². The summed E-state index contributed by atoms with van der Waals surface area (Å²) in [6.45, 7) is 0.671. The van der Waals surface area contributed by atoms with Crippen LogP contribution in [0.25, 0.3) is 0 Å². The lowest BCUT2D eigenvalue weighted by Crippen LogP contribution is -2.43. The van der Waals surface area contributed by atoms with Crippen LogP contribution >= 0.6 is 0 Å². The second kappa shape index (κ2) is 9.02. The van der Waals surface area contributed by atoms with Gasteiger partial charge in [0.1, 0.15) is 6.54 Å². The average molecular weight is 396 g/mol. The number of unbranched alkanes of at least 4 members (excludes halogenated alkanes) is 1. The molecule has 0 saturated carbocycles. The molecule has 1 aromatic carbocycles. The van der Waals surface area contributed by atoms with Crippen LogP contribution in [-0.4, -0.2) is 59.1 Å². The smallest absolute Gasteiger partial charge is 0.334 e. The van der Waals surface area contributed by atoms with Gasteiger partial charge in [0.25, 0.3) is 0 Å². The van der Waals surface area contributed by atoms with Gasteiger partial charge in [-0.3, -0.25) is 24.1 Å². The molecule has 0 radical (unpaired) electrons. The predicted molar refractivity (Wildman–Crippen MR) is 91.7 cm³/mol. The molecule has 0 aromatic heterocycles. The van der Waals surface area contributed by atoms with Crippen molar-refractivity contribution in [3.05, 3.63) is 29.8 Å². The Balaban J connectivity index is 1.85. The van der Waals surface area contributed by atoms with Crippen molar-refractivity contribution in [2.75, 3.05) is 25.0 Å². The van der Waals surface area contributed by atoms with Crippen molar-refractivity contribution in [2.24, 2.45) is 0 Å². The zero-order chi connectivity index (χ0) is 20.8. The number of hydrogen-bond donors (Lipinski definition) is 2. The first-order chi connectivity index (χ1) is 13.2. The van der Waals surface area contributed by atoms with Gasteiger partial charge in [-0.15, -0.1) is 0 Å². The number of benzene rings is 1. The van der Waals surface area contributed by atoms with E-state index in [4.69, 9.17) is 0 Å². The van der Waals surface area contributed by atoms with Gasteiger partial charge in [-0.2, -0.15) is 0 Å². The van der Waals surface area contributed by atoms with Gasteiger partial charge in [0.2, 0.25) is 11.8 Å². The Hall–Kier alpha value is -3.37. The van der Waals surface area contributed by atoms with Gasteiger partial charge >= 0.3 is 17.8 Å². The predicted octanol–water partition coefficient (Wildman–Crippen LogP) is 0.610. The van der Waals surface area contributed by atoms with E-state index in [1.807, 2.05) is 6.92 Å². The van der Waals surface area contributed by atoms with Gasteiger partial charge in [-0.05, 0) is 18.6 Å². The molecule has 1 aliphatic rings. The van der Waals surface area contributed by atoms with Crippen LogP contribution in [0, 0.1) is 11.6 Å². The van der Waals surface area contributed by atoms with E-state index in [-0.39, 0.29) is 12.2 Å². The number of amides is 6. The number of halogens is 2. The summed E-state index contributed by atoms with van der Waals surface area (Å²) in [5, 5.41) is 4.42. The highest BCUT2D eigenvalue weighted by molar-refractivity contribution is 6.45. The Morgan fingerprint density at radius 1 is 1.00 bits per heavy atom. The highest BCUT2D eigenvalue weighted by Gasteiger charge is 2.44. The molecule has 6 amide bonds. The van der Waals surface area contributed by atoms with E-state index in [2.05, 4.69) is 10.6 Å². The van der Waals surface area contributed by atoms with Gasteiger partial charge in [0, 0.05) is 18.3 Å². The number of anilines is 1. The van der Waals surface area contributed by atoms with Crippen LogP contribution < -0.4 is 10.6 Å². The molecule has 28 heavy (non-hydrogen) atoms. The lowest BCUT2D eigenvalue weighted by atomic mass is 10.3. The Morgan fingerprint density at radius 2 is 1.68 bits per heavy atom. The largest absolute Gasteiger partial charge is 0.345 e. The summed E-state index contributed by atoms with van der Waals surface area (Å²) in [5.41, 5.74) is -0.0137. The third-order valence-electron chi connectivity index (χ3n) is 3.82. The Labute approximate surface area is 158 Å². The SMILES string of the molecule is CCCCN1C(=O)C(=O)N(CC(=O)NCC(=O)Nc2ccc(F)c(F)c2)C1=O. The number of nitrogens with one attached hydrogen (secondary N) is 2. The van der Waals surface area contributed by atoms with Crippen molar-refractivity contribution < 1.29 is 32.8 Å². The van der Waals surface area contributed by atoms with Crippen LogP contribution in [0.1, 0.15) is 19.8 Å². The van der Waals surface area contributed by atoms with Crippen LogP contribution in [0.5, 0.6) is 0 Å². The summed E-state index contributed by atoms with van der Waals surface area (Å²) in [5.74, 6) is -5.91. The van der Waals surface area contributed by atoms with Gasteiger partial charge in [-0.1, -0.05) is 13.3 Å². The van der Waals surface area contributed by atoms with Crippen molar-refractivity contribution in [2.45, 2.75) is 19.8 Å². The van der Waals surface area contributed by atoms with Gasteiger partial charge in [0.05, 0.1) is 6.54 Å². The Morgan fingerprint density at radius 3 is 2.32 bits per heavy atom. The summed E-state index contributed by atoms with van der Waals surface area (Å²) in [4.78, 5) is 60.7. The quantitative estimate of drug-likeness (QED) is 0.493. The minimum atomic E-state index is -1.15. The van der Waals surface area contributed by atoms with E-state index in [0.29, 0.717) is 17.7 Å². The van der Waals surface area contributed by atoms with Gasteiger partial charge in [0.15, 0.2) is 11.6 Å².